The first-order valence-electron chi connectivity index (χ1n) is 6.07. The molecule has 0 saturated carbocycles. The van der Waals surface area contributed by atoms with Gasteiger partial charge in [0.2, 0.25) is 0 Å². The zero-order chi connectivity index (χ0) is 15.5. The lowest BCUT2D eigenvalue weighted by Gasteiger charge is -2.13. The van der Waals surface area contributed by atoms with E-state index >= 15 is 0 Å². The van der Waals surface area contributed by atoms with Crippen molar-refractivity contribution in [3.63, 3.8) is 0 Å². The molecule has 2 aromatic rings. The molecule has 1 N–H and O–H groups in total. The molecular weight excluding hydrogens is 301 g/mol. The van der Waals surface area contributed by atoms with Gasteiger partial charge < -0.3 is 9.84 Å². The zero-order valence-electron chi connectivity index (χ0n) is 11.1. The van der Waals surface area contributed by atoms with Crippen molar-refractivity contribution in [3.05, 3.63) is 59.7 Å². The number of rotatable bonds is 4. The highest BCUT2D eigenvalue weighted by molar-refractivity contribution is 8.00. The summed E-state index contributed by atoms with van der Waals surface area (Å²) in [5.74, 6) is 0.607. The molecule has 2 aromatic carbocycles. The first kappa shape index (κ1) is 15.7. The molecule has 0 spiro atoms. The number of ether oxygens (including phenoxy) is 1. The molecule has 0 bridgehead atoms. The summed E-state index contributed by atoms with van der Waals surface area (Å²) in [6.45, 7) is 0. The van der Waals surface area contributed by atoms with E-state index < -0.39 is 11.6 Å². The van der Waals surface area contributed by atoms with E-state index in [1.807, 2.05) is 0 Å². The van der Waals surface area contributed by atoms with Gasteiger partial charge in [-0.25, -0.2) is 0 Å². The summed E-state index contributed by atoms with van der Waals surface area (Å²) >= 11 is -0.179. The van der Waals surface area contributed by atoms with E-state index in [0.29, 0.717) is 16.9 Å². The number of aliphatic hydroxyl groups excluding tert-OH is 1. The zero-order valence-corrected chi connectivity index (χ0v) is 11.9. The number of hydrogen-bond donors (Lipinski definition) is 1. The van der Waals surface area contributed by atoms with Crippen molar-refractivity contribution in [2.75, 3.05) is 7.11 Å². The van der Waals surface area contributed by atoms with Crippen LogP contribution in [0.2, 0.25) is 0 Å². The lowest BCUT2D eigenvalue weighted by Crippen LogP contribution is -2.01. The van der Waals surface area contributed by atoms with Gasteiger partial charge in [-0.2, -0.15) is 13.2 Å². The van der Waals surface area contributed by atoms with Gasteiger partial charge in [0.25, 0.3) is 0 Å². The Kier molecular flexibility index (Phi) is 4.80. The van der Waals surface area contributed by atoms with Gasteiger partial charge in [-0.05, 0) is 47.2 Å². The Morgan fingerprint density at radius 2 is 1.71 bits per heavy atom. The van der Waals surface area contributed by atoms with E-state index in [1.165, 1.54) is 31.4 Å². The number of hydrogen-bond acceptors (Lipinski definition) is 3. The number of benzene rings is 2. The van der Waals surface area contributed by atoms with Crippen molar-refractivity contribution in [2.45, 2.75) is 16.5 Å². The van der Waals surface area contributed by atoms with Crippen molar-refractivity contribution >= 4 is 11.8 Å². The topological polar surface area (TPSA) is 29.5 Å². The van der Waals surface area contributed by atoms with Crippen LogP contribution in [0.3, 0.4) is 0 Å². The summed E-state index contributed by atoms with van der Waals surface area (Å²) in [4.78, 5) is 0.0871. The van der Waals surface area contributed by atoms with Crippen molar-refractivity contribution in [1.82, 2.24) is 0 Å². The lowest BCUT2D eigenvalue weighted by molar-refractivity contribution is -0.0328. The molecule has 0 aromatic heterocycles. The van der Waals surface area contributed by atoms with Crippen molar-refractivity contribution in [1.29, 1.82) is 0 Å². The Bertz CT molecular complexity index is 597. The fourth-order valence-electron chi connectivity index (χ4n) is 1.86. The molecule has 0 fully saturated rings. The van der Waals surface area contributed by atoms with Crippen LogP contribution in [0.25, 0.3) is 0 Å². The Balaban J connectivity index is 2.17. The standard InChI is InChI=1S/C15H13F3O2S/c1-20-12-4-2-3-11(9-12)14(19)10-5-7-13(8-6-10)21-15(16,17)18/h2-9,14,19H,1H3. The second kappa shape index (κ2) is 6.41. The number of alkyl halides is 3. The maximum Gasteiger partial charge on any atom is 0.446 e. The van der Waals surface area contributed by atoms with Crippen molar-refractivity contribution < 1.29 is 23.0 Å². The summed E-state index contributed by atoms with van der Waals surface area (Å²) in [5.41, 5.74) is -3.17. The largest absolute Gasteiger partial charge is 0.497 e. The average molecular weight is 314 g/mol. The van der Waals surface area contributed by atoms with Crippen LogP contribution in [0, 0.1) is 0 Å². The molecule has 0 aliphatic rings. The van der Waals surface area contributed by atoms with Crippen LogP contribution < -0.4 is 4.74 Å². The quantitative estimate of drug-likeness (QED) is 0.849. The molecule has 2 rings (SSSR count). The number of methoxy groups -OCH3 is 1. The molecule has 112 valence electrons. The van der Waals surface area contributed by atoms with Crippen LogP contribution in [0.5, 0.6) is 5.75 Å². The minimum Gasteiger partial charge on any atom is -0.497 e. The third kappa shape index (κ3) is 4.41. The minimum atomic E-state index is -4.31. The SMILES string of the molecule is COc1cccc(C(O)c2ccc(SC(F)(F)F)cc2)c1. The highest BCUT2D eigenvalue weighted by Gasteiger charge is 2.29. The van der Waals surface area contributed by atoms with Crippen molar-refractivity contribution in [3.8, 4) is 5.75 Å². The summed E-state index contributed by atoms with van der Waals surface area (Å²) in [5, 5.41) is 10.3. The fraction of sp³-hybridized carbons (Fsp3) is 0.200. The number of aliphatic hydroxyl groups is 1. The molecule has 0 amide bonds. The van der Waals surface area contributed by atoms with Gasteiger partial charge in [0.1, 0.15) is 11.9 Å². The van der Waals surface area contributed by atoms with Crippen LogP contribution in [0.4, 0.5) is 13.2 Å². The van der Waals surface area contributed by atoms with Gasteiger partial charge in [-0.1, -0.05) is 24.3 Å². The van der Waals surface area contributed by atoms with E-state index in [0.717, 1.165) is 0 Å². The summed E-state index contributed by atoms with van der Waals surface area (Å²) in [6.07, 6.45) is -0.912. The van der Waals surface area contributed by atoms with Crippen LogP contribution in [0.1, 0.15) is 17.2 Å². The van der Waals surface area contributed by atoms with Gasteiger partial charge in [0.15, 0.2) is 0 Å². The second-order valence-corrected chi connectivity index (χ2v) is 5.43. The average Bonchev–Trinajstić information content (AvgIpc) is 2.46. The van der Waals surface area contributed by atoms with E-state index in [2.05, 4.69) is 0 Å². The fourth-order valence-corrected chi connectivity index (χ4v) is 2.40. The van der Waals surface area contributed by atoms with Gasteiger partial charge >= 0.3 is 5.51 Å². The summed E-state index contributed by atoms with van der Waals surface area (Å²) < 4.78 is 41.8. The Morgan fingerprint density at radius 3 is 2.29 bits per heavy atom. The predicted octanol–water partition coefficient (Wildman–Crippen LogP) is 4.39. The molecule has 0 aliphatic heterocycles. The molecule has 0 saturated heterocycles. The van der Waals surface area contributed by atoms with Gasteiger partial charge in [-0.15, -0.1) is 0 Å². The molecule has 0 heterocycles. The second-order valence-electron chi connectivity index (χ2n) is 4.30. The summed E-state index contributed by atoms with van der Waals surface area (Å²) in [6, 6.07) is 12.6. The molecule has 1 atom stereocenters. The van der Waals surface area contributed by atoms with Crippen LogP contribution >= 0.6 is 11.8 Å². The van der Waals surface area contributed by atoms with E-state index in [-0.39, 0.29) is 16.7 Å². The minimum absolute atomic E-state index is 0.0871. The first-order valence-corrected chi connectivity index (χ1v) is 6.88. The van der Waals surface area contributed by atoms with E-state index in [9.17, 15) is 18.3 Å². The normalized spacial score (nSPS) is 13.0. The van der Waals surface area contributed by atoms with Crippen LogP contribution in [-0.4, -0.2) is 17.7 Å². The molecule has 1 unspecified atom stereocenters. The number of halogens is 3. The molecular formula is C15H13F3O2S. The maximum absolute atomic E-state index is 12.2. The molecule has 0 aliphatic carbocycles. The Hall–Kier alpha value is -1.66. The molecule has 21 heavy (non-hydrogen) atoms. The smallest absolute Gasteiger partial charge is 0.446 e. The first-order chi connectivity index (χ1) is 9.89. The van der Waals surface area contributed by atoms with Crippen molar-refractivity contribution in [2.24, 2.45) is 0 Å². The molecule has 6 heteroatoms. The monoisotopic (exact) mass is 314 g/mol. The van der Waals surface area contributed by atoms with Crippen LogP contribution in [-0.2, 0) is 0 Å². The third-order valence-corrected chi connectivity index (χ3v) is 3.58. The van der Waals surface area contributed by atoms with Crippen LogP contribution in [0.15, 0.2) is 53.4 Å². The highest BCUT2D eigenvalue weighted by atomic mass is 32.2. The van der Waals surface area contributed by atoms with E-state index in [1.54, 1.807) is 24.3 Å². The van der Waals surface area contributed by atoms with Gasteiger partial charge in [0, 0.05) is 4.90 Å². The van der Waals surface area contributed by atoms with Gasteiger partial charge in [0.05, 0.1) is 7.11 Å². The lowest BCUT2D eigenvalue weighted by atomic mass is 10.0. The summed E-state index contributed by atoms with van der Waals surface area (Å²) in [7, 11) is 1.52. The maximum atomic E-state index is 12.2. The third-order valence-electron chi connectivity index (χ3n) is 2.84. The predicted molar refractivity (Wildman–Crippen MR) is 75.4 cm³/mol. The molecule has 2 nitrogen and oxygen atoms in total. The number of thioether (sulfide) groups is 1. The molecule has 0 radical (unpaired) electrons. The van der Waals surface area contributed by atoms with Gasteiger partial charge in [-0.3, -0.25) is 0 Å². The highest BCUT2D eigenvalue weighted by Crippen LogP contribution is 2.37. The Morgan fingerprint density at radius 1 is 1.05 bits per heavy atom. The van der Waals surface area contributed by atoms with E-state index in [4.69, 9.17) is 4.74 Å². The Labute approximate surface area is 124 Å².